The average molecular weight is 749 g/mol. The summed E-state index contributed by atoms with van der Waals surface area (Å²) in [6, 6.07) is 10.6. The molecule has 3 aromatic carbocycles. The van der Waals surface area contributed by atoms with Gasteiger partial charge in [-0.15, -0.1) is 0 Å². The summed E-state index contributed by atoms with van der Waals surface area (Å²) in [5, 5.41) is 62.5. The van der Waals surface area contributed by atoms with E-state index in [1.807, 2.05) is 0 Å². The van der Waals surface area contributed by atoms with Crippen LogP contribution in [0.1, 0.15) is 69.3 Å². The number of fused-ring (bicyclic) bond motifs is 6. The molecule has 3 aliphatic heterocycles. The number of phenolic OH excluding ortho intramolecular Hbond substituents is 1. The molecule has 3 aromatic rings. The zero-order chi connectivity index (χ0) is 38.0. The maximum absolute atomic E-state index is 13.4. The number of aliphatic hydroxyl groups is 4. The second-order valence-electron chi connectivity index (χ2n) is 14.0. The standard InChI is InChI=1S/C39H41ClN2O11/c1-18-5-6-19(2)32(46)30(18)36(48)42-27-17-51-37(34(47)38(27,3)49)53-39-24(11-13-28(39)44)23-15-21-7-10-22(23)35(39)52-33-26(50-4)12-8-20(31(33)40)9-14-29(45)41-16-25(21)43/h5-12,14-15,25,27-28,34-35,37,43-44,46-47,49H,13,16-17H2,1-4H3,(H,41,45)(H,42,48)/b14-9+. The summed E-state index contributed by atoms with van der Waals surface area (Å²) < 4.78 is 25.1. The quantitative estimate of drug-likeness (QED) is 0.203. The van der Waals surface area contributed by atoms with Crippen LogP contribution in [0.3, 0.4) is 0 Å². The summed E-state index contributed by atoms with van der Waals surface area (Å²) >= 11 is 6.91. The molecule has 8 unspecified atom stereocenters. The number of aliphatic hydroxyl groups excluding tert-OH is 3. The first kappa shape index (κ1) is 36.9. The molecule has 0 spiro atoms. The van der Waals surface area contributed by atoms with Crippen LogP contribution in [0.2, 0.25) is 5.02 Å². The Bertz CT molecular complexity index is 2050. The molecule has 2 amide bonds. The van der Waals surface area contributed by atoms with Gasteiger partial charge < -0.3 is 55.1 Å². The van der Waals surface area contributed by atoms with E-state index in [1.54, 1.807) is 62.4 Å². The molecule has 8 atom stereocenters. The molecule has 0 radical (unpaired) electrons. The highest BCUT2D eigenvalue weighted by atomic mass is 35.5. The van der Waals surface area contributed by atoms with Crippen molar-refractivity contribution >= 4 is 35.1 Å². The summed E-state index contributed by atoms with van der Waals surface area (Å²) in [5.41, 5.74) is -0.232. The maximum atomic E-state index is 13.4. The Labute approximate surface area is 310 Å². The number of methoxy groups -OCH3 is 1. The van der Waals surface area contributed by atoms with Gasteiger partial charge >= 0.3 is 0 Å². The van der Waals surface area contributed by atoms with Gasteiger partial charge in [0.25, 0.3) is 5.91 Å². The van der Waals surface area contributed by atoms with Crippen LogP contribution in [0.4, 0.5) is 0 Å². The van der Waals surface area contributed by atoms with Gasteiger partial charge in [-0.1, -0.05) is 41.9 Å². The van der Waals surface area contributed by atoms with Crippen LogP contribution in [0, 0.1) is 13.8 Å². The van der Waals surface area contributed by atoms with Gasteiger partial charge in [0.2, 0.25) is 5.91 Å². The number of benzene rings is 3. The minimum absolute atomic E-state index is 0.0339. The Morgan fingerprint density at radius 3 is 2.58 bits per heavy atom. The van der Waals surface area contributed by atoms with E-state index in [0.29, 0.717) is 39.0 Å². The largest absolute Gasteiger partial charge is 0.507 e. The monoisotopic (exact) mass is 748 g/mol. The van der Waals surface area contributed by atoms with Crippen molar-refractivity contribution in [2.45, 2.75) is 75.1 Å². The van der Waals surface area contributed by atoms with Crippen molar-refractivity contribution in [2.24, 2.45) is 0 Å². The van der Waals surface area contributed by atoms with Gasteiger partial charge in [0, 0.05) is 18.2 Å². The van der Waals surface area contributed by atoms with Crippen molar-refractivity contribution in [3.8, 4) is 17.2 Å². The summed E-state index contributed by atoms with van der Waals surface area (Å²) in [4.78, 5) is 26.0. The van der Waals surface area contributed by atoms with E-state index < -0.39 is 59.8 Å². The first-order valence-electron chi connectivity index (χ1n) is 17.2. The number of hydrogen-bond donors (Lipinski definition) is 7. The molecule has 8 rings (SSSR count). The molecule has 14 heteroatoms. The smallest absolute Gasteiger partial charge is 0.255 e. The topological polar surface area (TPSA) is 196 Å². The highest BCUT2D eigenvalue weighted by Crippen LogP contribution is 2.59. The van der Waals surface area contributed by atoms with E-state index in [4.69, 9.17) is 30.5 Å². The average Bonchev–Trinajstić information content (AvgIpc) is 3.59. The maximum Gasteiger partial charge on any atom is 0.255 e. The first-order valence-corrected chi connectivity index (χ1v) is 17.6. The van der Waals surface area contributed by atoms with E-state index in [1.165, 1.54) is 26.2 Å². The third-order valence-corrected chi connectivity index (χ3v) is 11.1. The van der Waals surface area contributed by atoms with Gasteiger partial charge in [-0.3, -0.25) is 9.59 Å². The predicted octanol–water partition coefficient (Wildman–Crippen LogP) is 3.15. The Morgan fingerprint density at radius 2 is 1.83 bits per heavy atom. The molecule has 1 saturated heterocycles. The van der Waals surface area contributed by atoms with Crippen LogP contribution < -0.4 is 20.1 Å². The molecular weight excluding hydrogens is 708 g/mol. The van der Waals surface area contributed by atoms with Gasteiger partial charge in [0.1, 0.15) is 17.5 Å². The summed E-state index contributed by atoms with van der Waals surface area (Å²) in [6.45, 7) is 4.26. The van der Waals surface area contributed by atoms with Gasteiger partial charge in [-0.05, 0) is 84.9 Å². The second kappa shape index (κ2) is 13.7. The number of halogens is 1. The number of hydrogen-bond acceptors (Lipinski definition) is 11. The number of ether oxygens (including phenoxy) is 4. The number of aryl methyl sites for hydroxylation is 2. The van der Waals surface area contributed by atoms with Crippen molar-refractivity contribution in [1.82, 2.24) is 10.6 Å². The zero-order valence-corrected chi connectivity index (χ0v) is 30.2. The normalized spacial score (nSPS) is 31.0. The third-order valence-electron chi connectivity index (χ3n) is 10.7. The molecule has 280 valence electrons. The van der Waals surface area contributed by atoms with E-state index in [9.17, 15) is 35.1 Å². The lowest BCUT2D eigenvalue weighted by molar-refractivity contribution is -0.316. The molecule has 6 bridgehead atoms. The third kappa shape index (κ3) is 6.06. The number of carbonyl (C=O) groups is 2. The van der Waals surface area contributed by atoms with Crippen molar-refractivity contribution in [1.29, 1.82) is 0 Å². The molecule has 0 aromatic heterocycles. The summed E-state index contributed by atoms with van der Waals surface area (Å²) in [7, 11) is 1.44. The zero-order valence-electron chi connectivity index (χ0n) is 29.4. The van der Waals surface area contributed by atoms with Crippen molar-refractivity contribution in [2.75, 3.05) is 20.3 Å². The van der Waals surface area contributed by atoms with Gasteiger partial charge in [-0.2, -0.15) is 0 Å². The number of amides is 2. The molecule has 2 aliphatic carbocycles. The fourth-order valence-corrected chi connectivity index (χ4v) is 7.81. The van der Waals surface area contributed by atoms with Crippen LogP contribution >= 0.6 is 11.6 Å². The van der Waals surface area contributed by atoms with Crippen LogP contribution in [-0.2, 0) is 14.3 Å². The Kier molecular flexibility index (Phi) is 9.56. The van der Waals surface area contributed by atoms with Gasteiger partial charge in [0.15, 0.2) is 29.5 Å². The Morgan fingerprint density at radius 1 is 1.08 bits per heavy atom. The minimum Gasteiger partial charge on any atom is -0.507 e. The Balaban J connectivity index is 1.27. The molecule has 1 fully saturated rings. The molecule has 3 heterocycles. The van der Waals surface area contributed by atoms with Crippen LogP contribution in [0.25, 0.3) is 11.6 Å². The fraction of sp³-hybridized carbons (Fsp3) is 0.385. The highest BCUT2D eigenvalue weighted by Gasteiger charge is 2.63. The number of carbonyl (C=O) groups excluding carboxylic acids is 2. The predicted molar refractivity (Wildman–Crippen MR) is 192 cm³/mol. The molecule has 13 nitrogen and oxygen atoms in total. The van der Waals surface area contributed by atoms with E-state index in [-0.39, 0.29) is 47.4 Å². The highest BCUT2D eigenvalue weighted by molar-refractivity contribution is 6.34. The van der Waals surface area contributed by atoms with Crippen molar-refractivity contribution in [3.63, 3.8) is 0 Å². The van der Waals surface area contributed by atoms with Crippen molar-refractivity contribution in [3.05, 3.63) is 98.6 Å². The Hall–Kier alpha value is -4.47. The van der Waals surface area contributed by atoms with Crippen LogP contribution in [0.5, 0.6) is 17.2 Å². The minimum atomic E-state index is -2.03. The van der Waals surface area contributed by atoms with E-state index >= 15 is 0 Å². The summed E-state index contributed by atoms with van der Waals surface area (Å²) in [5.74, 6) is -0.975. The molecule has 5 aliphatic rings. The number of phenols is 1. The molecule has 53 heavy (non-hydrogen) atoms. The lowest BCUT2D eigenvalue weighted by Gasteiger charge is -2.48. The second-order valence-corrected chi connectivity index (χ2v) is 14.4. The molecule has 7 N–H and O–H groups in total. The van der Waals surface area contributed by atoms with Crippen LogP contribution in [0.15, 0.2) is 54.6 Å². The fourth-order valence-electron chi connectivity index (χ4n) is 7.54. The lowest BCUT2D eigenvalue weighted by Crippen LogP contribution is -2.68. The number of aromatic hydroxyl groups is 1. The molecular formula is C39H41ClN2O11. The first-order chi connectivity index (χ1) is 25.2. The summed E-state index contributed by atoms with van der Waals surface area (Å²) in [6.07, 6.45) is -2.16. The van der Waals surface area contributed by atoms with E-state index in [0.717, 1.165) is 0 Å². The van der Waals surface area contributed by atoms with Crippen LogP contribution in [-0.4, -0.2) is 93.4 Å². The number of nitrogens with one attached hydrogen (secondary N) is 2. The van der Waals surface area contributed by atoms with E-state index in [2.05, 4.69) is 10.6 Å². The van der Waals surface area contributed by atoms with Gasteiger partial charge in [0.05, 0.1) is 42.6 Å². The van der Waals surface area contributed by atoms with Gasteiger partial charge in [-0.25, -0.2) is 0 Å². The van der Waals surface area contributed by atoms with Crippen molar-refractivity contribution < 1.29 is 54.1 Å². The molecule has 0 saturated carbocycles. The lowest BCUT2D eigenvalue weighted by atomic mass is 9.86. The number of rotatable bonds is 5. The SMILES string of the molecule is COc1ccc2c(Cl)c1OC1c3ccc(cc3C3=CCC(O)C31OC1OCC(NC(=O)c3c(C)ccc(C)c3O)C(C)(O)C1O)C(O)CNC(=O)/C=C/2.